The van der Waals surface area contributed by atoms with E-state index < -0.39 is 0 Å². The smallest absolute Gasteiger partial charge is 0.263 e. The van der Waals surface area contributed by atoms with E-state index in [0.717, 1.165) is 55.0 Å². The lowest BCUT2D eigenvalue weighted by molar-refractivity contribution is 0.0376. The normalized spacial score (nSPS) is 14.0. The highest BCUT2D eigenvalue weighted by molar-refractivity contribution is 7.22. The number of nitrogens with zero attached hydrogens (tertiary/aromatic N) is 3. The second-order valence-electron chi connectivity index (χ2n) is 7.72. The van der Waals surface area contributed by atoms with Gasteiger partial charge < -0.3 is 14.2 Å². The van der Waals surface area contributed by atoms with Crippen molar-refractivity contribution in [3.63, 3.8) is 0 Å². The molecule has 1 aliphatic heterocycles. The molecular weight excluding hydrogens is 462 g/mol. The summed E-state index contributed by atoms with van der Waals surface area (Å²) < 4.78 is 17.5. The van der Waals surface area contributed by atoms with Gasteiger partial charge in [-0.05, 0) is 37.1 Å². The fourth-order valence-corrected chi connectivity index (χ4v) is 5.02. The summed E-state index contributed by atoms with van der Waals surface area (Å²) in [5.74, 6) is 0.835. The van der Waals surface area contributed by atoms with Crippen LogP contribution in [-0.2, 0) is 4.74 Å². The van der Waals surface area contributed by atoms with Crippen LogP contribution in [0.5, 0.6) is 11.5 Å². The van der Waals surface area contributed by atoms with E-state index in [1.807, 2.05) is 31.2 Å². The number of fused-ring (bicyclic) bond motifs is 1. The molecule has 3 aromatic rings. The summed E-state index contributed by atoms with van der Waals surface area (Å²) in [5, 5.41) is 0.700. The Morgan fingerprint density at radius 2 is 1.91 bits per heavy atom. The van der Waals surface area contributed by atoms with Crippen molar-refractivity contribution in [2.75, 3.05) is 58.5 Å². The number of halogens is 1. The van der Waals surface area contributed by atoms with Crippen LogP contribution in [0.15, 0.2) is 36.4 Å². The predicted molar refractivity (Wildman–Crippen MR) is 135 cm³/mol. The number of benzene rings is 2. The minimum Gasteiger partial charge on any atom is -0.493 e. The van der Waals surface area contributed by atoms with Crippen molar-refractivity contribution in [2.24, 2.45) is 0 Å². The molecule has 0 unspecified atom stereocenters. The molecule has 2 heterocycles. The van der Waals surface area contributed by atoms with E-state index in [9.17, 15) is 4.79 Å². The van der Waals surface area contributed by atoms with E-state index in [4.69, 9.17) is 19.2 Å². The number of para-hydroxylation sites is 2. The van der Waals surface area contributed by atoms with Crippen molar-refractivity contribution in [1.29, 1.82) is 0 Å². The summed E-state index contributed by atoms with van der Waals surface area (Å²) in [4.78, 5) is 22.8. The van der Waals surface area contributed by atoms with Gasteiger partial charge in [-0.25, -0.2) is 4.98 Å². The van der Waals surface area contributed by atoms with Crippen LogP contribution < -0.4 is 14.4 Å². The first-order valence-electron chi connectivity index (χ1n) is 10.8. The van der Waals surface area contributed by atoms with E-state index in [-0.39, 0.29) is 18.3 Å². The molecule has 2 aromatic carbocycles. The van der Waals surface area contributed by atoms with Crippen molar-refractivity contribution in [3.05, 3.63) is 47.5 Å². The number of rotatable bonds is 8. The Morgan fingerprint density at radius 3 is 2.61 bits per heavy atom. The van der Waals surface area contributed by atoms with E-state index in [2.05, 4.69) is 4.90 Å². The highest BCUT2D eigenvalue weighted by Gasteiger charge is 2.26. The summed E-state index contributed by atoms with van der Waals surface area (Å²) in [5.41, 5.74) is 2.51. The Bertz CT molecular complexity index is 1080. The molecule has 1 amide bonds. The van der Waals surface area contributed by atoms with Crippen molar-refractivity contribution in [1.82, 2.24) is 9.88 Å². The first-order chi connectivity index (χ1) is 15.6. The number of carbonyl (C=O) groups is 1. The van der Waals surface area contributed by atoms with Gasteiger partial charge in [0.1, 0.15) is 0 Å². The zero-order chi connectivity index (χ0) is 22.5. The molecule has 33 heavy (non-hydrogen) atoms. The number of amides is 1. The van der Waals surface area contributed by atoms with Gasteiger partial charge in [0.05, 0.1) is 43.2 Å². The molecule has 0 atom stereocenters. The molecule has 9 heteroatoms. The molecule has 0 spiro atoms. The van der Waals surface area contributed by atoms with Crippen LogP contribution in [0, 0.1) is 6.92 Å². The molecule has 1 aromatic heterocycles. The molecule has 178 valence electrons. The third-order valence-corrected chi connectivity index (χ3v) is 6.72. The van der Waals surface area contributed by atoms with Gasteiger partial charge in [-0.2, -0.15) is 0 Å². The summed E-state index contributed by atoms with van der Waals surface area (Å²) in [6, 6.07) is 11.5. The number of aromatic nitrogens is 1. The molecule has 0 N–H and O–H groups in total. The Kier molecular flexibility index (Phi) is 8.91. The van der Waals surface area contributed by atoms with Gasteiger partial charge in [-0.15, -0.1) is 12.4 Å². The van der Waals surface area contributed by atoms with Gasteiger partial charge in [0, 0.05) is 26.2 Å². The van der Waals surface area contributed by atoms with Gasteiger partial charge in [0.2, 0.25) is 0 Å². The minimum atomic E-state index is -0.139. The second kappa shape index (κ2) is 11.7. The number of carbonyl (C=O) groups excluding carboxylic acids is 1. The Morgan fingerprint density at radius 1 is 1.15 bits per heavy atom. The number of morpholine rings is 1. The van der Waals surface area contributed by atoms with Gasteiger partial charge in [0.25, 0.3) is 5.91 Å². The highest BCUT2D eigenvalue weighted by Crippen LogP contribution is 2.35. The molecule has 1 fully saturated rings. The molecule has 0 radical (unpaired) electrons. The van der Waals surface area contributed by atoms with Gasteiger partial charge in [-0.1, -0.05) is 29.5 Å². The summed E-state index contributed by atoms with van der Waals surface area (Å²) >= 11 is 1.54. The Balaban J connectivity index is 0.00000306. The topological polar surface area (TPSA) is 64.1 Å². The average molecular weight is 492 g/mol. The lowest BCUT2D eigenvalue weighted by Crippen LogP contribution is -2.39. The number of aryl methyl sites for hydroxylation is 1. The SMILES string of the molecule is COc1cccc(C(=O)N(CCCN2CCOCC2)c2nc3c(C)cccc3s2)c1OC.Cl. The van der Waals surface area contributed by atoms with Crippen LogP contribution in [0.3, 0.4) is 0 Å². The second-order valence-corrected chi connectivity index (χ2v) is 8.73. The predicted octanol–water partition coefficient (Wildman–Crippen LogP) is 4.41. The van der Waals surface area contributed by atoms with Gasteiger partial charge in [0.15, 0.2) is 16.6 Å². The lowest BCUT2D eigenvalue weighted by atomic mass is 10.1. The number of thiazole rings is 1. The Labute approximate surface area is 204 Å². The van der Waals surface area contributed by atoms with E-state index in [1.165, 1.54) is 0 Å². The maximum Gasteiger partial charge on any atom is 0.263 e. The maximum absolute atomic E-state index is 13.8. The summed E-state index contributed by atoms with van der Waals surface area (Å²) in [6.07, 6.45) is 0.840. The standard InChI is InChI=1S/C24H29N3O4S.ClH/c1-17-7-4-10-20-21(17)25-24(32-20)27(12-6-11-26-13-15-31-16-14-26)23(28)18-8-5-9-19(29-2)22(18)30-3;/h4-5,7-10H,6,11-16H2,1-3H3;1H. The summed E-state index contributed by atoms with van der Waals surface area (Å²) in [6.45, 7) is 6.90. The minimum absolute atomic E-state index is 0. The van der Waals surface area contributed by atoms with Crippen LogP contribution in [0.1, 0.15) is 22.3 Å². The highest BCUT2D eigenvalue weighted by atomic mass is 35.5. The molecule has 0 saturated carbocycles. The molecular formula is C24H30ClN3O4S. The van der Waals surface area contributed by atoms with Crippen molar-refractivity contribution >= 4 is 45.0 Å². The first kappa shape index (κ1) is 25.2. The Hall–Kier alpha value is -2.39. The van der Waals surface area contributed by atoms with Crippen molar-refractivity contribution in [2.45, 2.75) is 13.3 Å². The quantitative estimate of drug-likeness (QED) is 0.465. The number of hydrogen-bond acceptors (Lipinski definition) is 7. The average Bonchev–Trinajstić information content (AvgIpc) is 3.27. The third-order valence-electron chi connectivity index (χ3n) is 5.68. The van der Waals surface area contributed by atoms with E-state index in [0.29, 0.717) is 28.7 Å². The largest absolute Gasteiger partial charge is 0.493 e. The van der Waals surface area contributed by atoms with Crippen LogP contribution >= 0.6 is 23.7 Å². The fraction of sp³-hybridized carbons (Fsp3) is 0.417. The number of methoxy groups -OCH3 is 2. The van der Waals surface area contributed by atoms with Crippen LogP contribution in [0.2, 0.25) is 0 Å². The molecule has 1 aliphatic rings. The molecule has 0 aliphatic carbocycles. The third kappa shape index (κ3) is 5.58. The number of hydrogen-bond donors (Lipinski definition) is 0. The van der Waals surface area contributed by atoms with Crippen LogP contribution in [-0.4, -0.2) is 69.4 Å². The monoisotopic (exact) mass is 491 g/mol. The fourth-order valence-electron chi connectivity index (χ4n) is 3.95. The zero-order valence-corrected chi connectivity index (χ0v) is 20.8. The zero-order valence-electron chi connectivity index (χ0n) is 19.2. The number of anilines is 1. The van der Waals surface area contributed by atoms with E-state index >= 15 is 0 Å². The molecule has 0 bridgehead atoms. The lowest BCUT2D eigenvalue weighted by Gasteiger charge is -2.28. The first-order valence-corrected chi connectivity index (χ1v) is 11.6. The van der Waals surface area contributed by atoms with Gasteiger partial charge in [-0.3, -0.25) is 14.6 Å². The van der Waals surface area contributed by atoms with Crippen LogP contribution in [0.25, 0.3) is 10.2 Å². The van der Waals surface area contributed by atoms with Gasteiger partial charge >= 0.3 is 0 Å². The molecule has 1 saturated heterocycles. The van der Waals surface area contributed by atoms with E-state index in [1.54, 1.807) is 42.6 Å². The molecule has 4 rings (SSSR count). The summed E-state index contributed by atoms with van der Waals surface area (Å²) in [7, 11) is 3.13. The van der Waals surface area contributed by atoms with Crippen molar-refractivity contribution in [3.8, 4) is 11.5 Å². The number of ether oxygens (including phenoxy) is 3. The van der Waals surface area contributed by atoms with Crippen LogP contribution in [0.4, 0.5) is 5.13 Å². The van der Waals surface area contributed by atoms with Crippen molar-refractivity contribution < 1.29 is 19.0 Å². The molecule has 7 nitrogen and oxygen atoms in total. The maximum atomic E-state index is 13.8.